The number of fused-ring (bicyclic) bond motifs is 1. The van der Waals surface area contributed by atoms with Crippen molar-refractivity contribution >= 4 is 44.0 Å². The average molecular weight is 465 g/mol. The topological polar surface area (TPSA) is 142 Å². The number of benzene rings is 2. The molecule has 0 fully saturated rings. The summed E-state index contributed by atoms with van der Waals surface area (Å²) in [4.78, 5) is 44.4. The minimum Gasteiger partial charge on any atom is -0.497 e. The molecule has 0 aliphatic carbocycles. The van der Waals surface area contributed by atoms with Crippen LogP contribution >= 0.6 is 11.3 Å². The first-order valence-corrected chi connectivity index (χ1v) is 10.3. The zero-order valence-corrected chi connectivity index (χ0v) is 17.9. The van der Waals surface area contributed by atoms with Crippen molar-refractivity contribution < 1.29 is 19.4 Å². The van der Waals surface area contributed by atoms with Gasteiger partial charge in [0, 0.05) is 24.5 Å². The largest absolute Gasteiger partial charge is 0.497 e. The van der Waals surface area contributed by atoms with Crippen LogP contribution in [0, 0.1) is 20.2 Å². The summed E-state index contributed by atoms with van der Waals surface area (Å²) < 4.78 is 6.00. The predicted octanol–water partition coefficient (Wildman–Crippen LogP) is 4.36. The molecule has 4 rings (SSSR count). The number of carbonyl (C=O) groups is 1. The highest BCUT2D eigenvalue weighted by molar-refractivity contribution is 7.22. The molecule has 0 saturated carbocycles. The first-order chi connectivity index (χ1) is 15.9. The second-order valence-electron chi connectivity index (χ2n) is 6.83. The number of thiazole rings is 1. The summed E-state index contributed by atoms with van der Waals surface area (Å²) in [5.41, 5.74) is 0.00915. The molecule has 0 atom stereocenters. The van der Waals surface area contributed by atoms with Gasteiger partial charge < -0.3 is 4.74 Å². The van der Waals surface area contributed by atoms with Crippen LogP contribution in [0.25, 0.3) is 10.2 Å². The fourth-order valence-corrected chi connectivity index (χ4v) is 4.11. The van der Waals surface area contributed by atoms with Gasteiger partial charge in [0.15, 0.2) is 5.13 Å². The van der Waals surface area contributed by atoms with E-state index < -0.39 is 27.1 Å². The molecule has 2 aromatic carbocycles. The van der Waals surface area contributed by atoms with Crippen molar-refractivity contribution in [3.63, 3.8) is 0 Å². The molecule has 2 aromatic heterocycles. The first-order valence-electron chi connectivity index (χ1n) is 9.45. The summed E-state index contributed by atoms with van der Waals surface area (Å²) in [7, 11) is 1.54. The lowest BCUT2D eigenvalue weighted by Crippen LogP contribution is -2.30. The molecule has 0 radical (unpaired) electrons. The van der Waals surface area contributed by atoms with Gasteiger partial charge in [-0.25, -0.2) is 4.98 Å². The van der Waals surface area contributed by atoms with E-state index in [1.54, 1.807) is 42.7 Å². The summed E-state index contributed by atoms with van der Waals surface area (Å²) in [6, 6.07) is 11.6. The lowest BCUT2D eigenvalue weighted by atomic mass is 10.1. The minimum atomic E-state index is -0.779. The van der Waals surface area contributed by atoms with E-state index >= 15 is 0 Å². The normalized spacial score (nSPS) is 10.7. The van der Waals surface area contributed by atoms with Gasteiger partial charge in [-0.2, -0.15) is 0 Å². The third kappa shape index (κ3) is 4.60. The Morgan fingerprint density at radius 1 is 1.09 bits per heavy atom. The predicted molar refractivity (Wildman–Crippen MR) is 121 cm³/mol. The van der Waals surface area contributed by atoms with Crippen molar-refractivity contribution in [2.24, 2.45) is 0 Å². The molecular formula is C21H15N5O6S. The van der Waals surface area contributed by atoms with Crippen molar-refractivity contribution in [2.45, 2.75) is 6.54 Å². The summed E-state index contributed by atoms with van der Waals surface area (Å²) in [6.07, 6.45) is 3.16. The van der Waals surface area contributed by atoms with Crippen LogP contribution in [0.2, 0.25) is 0 Å². The Labute approximate surface area is 190 Å². The van der Waals surface area contributed by atoms with Crippen molar-refractivity contribution in [3.8, 4) is 5.75 Å². The number of amides is 1. The fraction of sp³-hybridized carbons (Fsp3) is 0.0952. The Bertz CT molecular complexity index is 1340. The van der Waals surface area contributed by atoms with Crippen molar-refractivity contribution in [1.29, 1.82) is 0 Å². The molecule has 0 saturated heterocycles. The van der Waals surface area contributed by atoms with Crippen LogP contribution in [-0.2, 0) is 6.54 Å². The number of pyridine rings is 1. The number of hydrogen-bond acceptors (Lipinski definition) is 9. The lowest BCUT2D eigenvalue weighted by molar-refractivity contribution is -0.394. The number of ether oxygens (including phenoxy) is 1. The molecule has 12 heteroatoms. The van der Waals surface area contributed by atoms with Crippen molar-refractivity contribution in [3.05, 3.63) is 92.3 Å². The molecule has 1 amide bonds. The summed E-state index contributed by atoms with van der Waals surface area (Å²) in [5, 5.41) is 22.9. The Balaban J connectivity index is 1.82. The van der Waals surface area contributed by atoms with E-state index in [1.165, 1.54) is 23.3 Å². The molecule has 2 heterocycles. The van der Waals surface area contributed by atoms with Crippen LogP contribution in [0.4, 0.5) is 16.5 Å². The number of aromatic nitrogens is 2. The highest BCUT2D eigenvalue weighted by Gasteiger charge is 2.26. The van der Waals surface area contributed by atoms with Crippen LogP contribution in [0.3, 0.4) is 0 Å². The number of hydrogen-bond donors (Lipinski definition) is 0. The molecule has 11 nitrogen and oxygen atoms in total. The Hall–Kier alpha value is -4.45. The second kappa shape index (κ2) is 8.96. The average Bonchev–Trinajstić information content (AvgIpc) is 3.25. The highest BCUT2D eigenvalue weighted by Crippen LogP contribution is 2.34. The van der Waals surface area contributed by atoms with Gasteiger partial charge in [-0.3, -0.25) is 34.9 Å². The van der Waals surface area contributed by atoms with Crippen molar-refractivity contribution in [1.82, 2.24) is 9.97 Å². The first kappa shape index (κ1) is 21.8. The smallest absolute Gasteiger partial charge is 0.277 e. The molecule has 0 spiro atoms. The third-order valence-electron chi connectivity index (χ3n) is 4.69. The van der Waals surface area contributed by atoms with Crippen LogP contribution in [0.15, 0.2) is 60.9 Å². The summed E-state index contributed by atoms with van der Waals surface area (Å²) >= 11 is 1.22. The van der Waals surface area contributed by atoms with Gasteiger partial charge in [-0.05, 0) is 29.8 Å². The number of nitro groups is 2. The Morgan fingerprint density at radius 2 is 1.82 bits per heavy atom. The maximum absolute atomic E-state index is 13.5. The van der Waals surface area contributed by atoms with Gasteiger partial charge >= 0.3 is 0 Å². The molecule has 166 valence electrons. The van der Waals surface area contributed by atoms with E-state index in [0.29, 0.717) is 22.0 Å². The number of carbonyl (C=O) groups excluding carboxylic acids is 1. The second-order valence-corrected chi connectivity index (χ2v) is 7.84. The standard InChI is InChI=1S/C21H15N5O6S/c1-32-17-4-5-18-19(10-17)33-21(23-18)24(12-13-3-2-6-22-11-13)20(27)14-7-15(25(28)29)9-16(8-14)26(30)31/h2-11H,12H2,1H3. The van der Waals surface area contributed by atoms with Gasteiger partial charge in [0.25, 0.3) is 17.3 Å². The SMILES string of the molecule is COc1ccc2nc(N(Cc3cccnc3)C(=O)c3cc([N+](=O)[O-])cc([N+](=O)[O-])c3)sc2c1. The van der Waals surface area contributed by atoms with E-state index in [9.17, 15) is 25.0 Å². The fourth-order valence-electron chi connectivity index (χ4n) is 3.12. The van der Waals surface area contributed by atoms with Crippen LogP contribution in [-0.4, -0.2) is 32.8 Å². The molecule has 0 aliphatic rings. The molecule has 33 heavy (non-hydrogen) atoms. The number of anilines is 1. The quantitative estimate of drug-likeness (QED) is 0.289. The molecule has 0 bridgehead atoms. The zero-order chi connectivity index (χ0) is 23.5. The maximum atomic E-state index is 13.5. The number of rotatable bonds is 7. The van der Waals surface area contributed by atoms with Gasteiger partial charge in [-0.1, -0.05) is 17.4 Å². The number of nitro benzene ring substituents is 2. The van der Waals surface area contributed by atoms with Crippen molar-refractivity contribution in [2.75, 3.05) is 12.0 Å². The number of non-ortho nitro benzene ring substituents is 2. The van der Waals surface area contributed by atoms with Crippen LogP contribution in [0.1, 0.15) is 15.9 Å². The Morgan fingerprint density at radius 3 is 2.42 bits per heavy atom. The van der Waals surface area contributed by atoms with Gasteiger partial charge in [0.05, 0.1) is 45.3 Å². The molecular weight excluding hydrogens is 450 g/mol. The third-order valence-corrected chi connectivity index (χ3v) is 5.74. The van der Waals surface area contributed by atoms with Crippen LogP contribution < -0.4 is 9.64 Å². The van der Waals surface area contributed by atoms with Gasteiger partial charge in [0.2, 0.25) is 0 Å². The summed E-state index contributed by atoms with van der Waals surface area (Å²) in [6.45, 7) is 0.0557. The van der Waals surface area contributed by atoms with E-state index in [4.69, 9.17) is 4.74 Å². The lowest BCUT2D eigenvalue weighted by Gasteiger charge is -2.20. The minimum absolute atomic E-state index is 0.0557. The maximum Gasteiger partial charge on any atom is 0.277 e. The number of methoxy groups -OCH3 is 1. The molecule has 0 unspecified atom stereocenters. The molecule has 0 aliphatic heterocycles. The monoisotopic (exact) mass is 465 g/mol. The van der Waals surface area contributed by atoms with E-state index in [1.807, 2.05) is 0 Å². The van der Waals surface area contributed by atoms with Crippen LogP contribution in [0.5, 0.6) is 5.75 Å². The van der Waals surface area contributed by atoms with E-state index in [0.717, 1.165) is 22.9 Å². The number of nitrogens with zero attached hydrogens (tertiary/aromatic N) is 5. The zero-order valence-electron chi connectivity index (χ0n) is 17.1. The van der Waals surface area contributed by atoms with E-state index in [-0.39, 0.29) is 12.1 Å². The van der Waals surface area contributed by atoms with E-state index in [2.05, 4.69) is 9.97 Å². The highest BCUT2D eigenvalue weighted by atomic mass is 32.1. The molecule has 0 N–H and O–H groups in total. The van der Waals surface area contributed by atoms with Gasteiger partial charge in [-0.15, -0.1) is 0 Å². The molecule has 4 aromatic rings. The summed E-state index contributed by atoms with van der Waals surface area (Å²) in [5.74, 6) is -0.0474. The Kier molecular flexibility index (Phi) is 5.91. The van der Waals surface area contributed by atoms with Gasteiger partial charge in [0.1, 0.15) is 5.75 Å².